The van der Waals surface area contributed by atoms with Gasteiger partial charge in [-0.15, -0.1) is 0 Å². The van der Waals surface area contributed by atoms with Crippen molar-refractivity contribution >= 4 is 5.91 Å². The Bertz CT molecular complexity index is 226. The minimum Gasteiger partial charge on any atom is -0.353 e. The molecule has 3 N–H and O–H groups in total. The molecule has 100 valence electrons. The predicted octanol–water partition coefficient (Wildman–Crippen LogP) is 2.61. The molecule has 0 bridgehead atoms. The van der Waals surface area contributed by atoms with Gasteiger partial charge >= 0.3 is 0 Å². The number of amides is 1. The molecule has 1 amide bonds. The first-order chi connectivity index (χ1) is 8.10. The van der Waals surface area contributed by atoms with Crippen molar-refractivity contribution in [3.63, 3.8) is 0 Å². The molecule has 0 rings (SSSR count). The van der Waals surface area contributed by atoms with Gasteiger partial charge in [-0.2, -0.15) is 0 Å². The van der Waals surface area contributed by atoms with Gasteiger partial charge in [-0.3, -0.25) is 4.79 Å². The summed E-state index contributed by atoms with van der Waals surface area (Å²) in [6, 6.07) is 0. The van der Waals surface area contributed by atoms with E-state index in [1.54, 1.807) is 0 Å². The van der Waals surface area contributed by atoms with E-state index in [-0.39, 0.29) is 5.91 Å². The molecule has 0 aromatic carbocycles. The number of rotatable bonds is 9. The quantitative estimate of drug-likeness (QED) is 0.609. The van der Waals surface area contributed by atoms with E-state index >= 15 is 0 Å². The Balaban J connectivity index is 3.75. The van der Waals surface area contributed by atoms with Gasteiger partial charge in [-0.05, 0) is 39.2 Å². The summed E-state index contributed by atoms with van der Waals surface area (Å²) >= 11 is 0. The highest BCUT2D eigenvalue weighted by atomic mass is 16.1. The second-order valence-corrected chi connectivity index (χ2v) is 4.86. The minimum atomic E-state index is 0.153. The summed E-state index contributed by atoms with van der Waals surface area (Å²) in [5, 5.41) is 2.91. The zero-order valence-electron chi connectivity index (χ0n) is 11.6. The third-order valence-corrected chi connectivity index (χ3v) is 2.86. The molecule has 0 aromatic rings. The summed E-state index contributed by atoms with van der Waals surface area (Å²) in [4.78, 5) is 11.6. The number of carbonyl (C=O) groups excluding carboxylic acids is 1. The van der Waals surface area contributed by atoms with Gasteiger partial charge in [0, 0.05) is 13.0 Å². The van der Waals surface area contributed by atoms with Crippen molar-refractivity contribution in [1.82, 2.24) is 5.32 Å². The number of nitrogens with one attached hydrogen (secondary N) is 1. The predicted molar refractivity (Wildman–Crippen MR) is 73.7 cm³/mol. The minimum absolute atomic E-state index is 0.153. The topological polar surface area (TPSA) is 55.1 Å². The third-order valence-electron chi connectivity index (χ3n) is 2.86. The number of allylic oxidation sites excluding steroid dienone is 1. The molecule has 0 aliphatic carbocycles. The van der Waals surface area contributed by atoms with Crippen LogP contribution in [0.4, 0.5) is 0 Å². The highest BCUT2D eigenvalue weighted by molar-refractivity contribution is 5.75. The standard InChI is InChI=1S/C14H28N2O/c1-4-5-13(8-10-15)6-7-14(17)16-11-9-12(2)3/h9,13H,4-8,10-11,15H2,1-3H3,(H,16,17). The van der Waals surface area contributed by atoms with Crippen LogP contribution < -0.4 is 11.1 Å². The molecule has 0 fully saturated rings. The molecule has 0 radical (unpaired) electrons. The van der Waals surface area contributed by atoms with Gasteiger partial charge in [-0.25, -0.2) is 0 Å². The fourth-order valence-electron chi connectivity index (χ4n) is 1.87. The molecule has 0 aliphatic heterocycles. The highest BCUT2D eigenvalue weighted by Gasteiger charge is 2.09. The largest absolute Gasteiger partial charge is 0.353 e. The van der Waals surface area contributed by atoms with Crippen LogP contribution in [0.15, 0.2) is 11.6 Å². The second-order valence-electron chi connectivity index (χ2n) is 4.86. The maximum atomic E-state index is 11.6. The van der Waals surface area contributed by atoms with Crippen molar-refractivity contribution in [2.45, 2.75) is 52.9 Å². The van der Waals surface area contributed by atoms with Gasteiger partial charge in [-0.1, -0.05) is 31.4 Å². The Morgan fingerprint density at radius 1 is 1.29 bits per heavy atom. The second kappa shape index (κ2) is 10.3. The summed E-state index contributed by atoms with van der Waals surface area (Å²) in [6.45, 7) is 7.62. The number of carbonyl (C=O) groups is 1. The first-order valence-electron chi connectivity index (χ1n) is 6.70. The van der Waals surface area contributed by atoms with Crippen molar-refractivity contribution in [2.75, 3.05) is 13.1 Å². The Kier molecular flexibility index (Phi) is 9.83. The molecule has 0 saturated carbocycles. The molecule has 0 heterocycles. The van der Waals surface area contributed by atoms with E-state index in [0.717, 1.165) is 19.4 Å². The molecule has 0 aliphatic rings. The van der Waals surface area contributed by atoms with E-state index in [1.807, 2.05) is 19.9 Å². The molecule has 0 spiro atoms. The van der Waals surface area contributed by atoms with E-state index in [4.69, 9.17) is 5.73 Å². The molecule has 0 aromatic heterocycles. The molecule has 1 unspecified atom stereocenters. The van der Waals surface area contributed by atoms with Crippen LogP contribution in [0.1, 0.15) is 52.9 Å². The van der Waals surface area contributed by atoms with Crippen LogP contribution in [0.3, 0.4) is 0 Å². The molecule has 3 nitrogen and oxygen atoms in total. The monoisotopic (exact) mass is 240 g/mol. The molecule has 1 atom stereocenters. The Hall–Kier alpha value is -0.830. The molecular weight excluding hydrogens is 212 g/mol. The number of nitrogens with two attached hydrogens (primary N) is 1. The highest BCUT2D eigenvalue weighted by Crippen LogP contribution is 2.16. The van der Waals surface area contributed by atoms with Crippen LogP contribution in [0.2, 0.25) is 0 Å². The number of hydrogen-bond donors (Lipinski definition) is 2. The Morgan fingerprint density at radius 2 is 2.00 bits per heavy atom. The van der Waals surface area contributed by atoms with E-state index in [1.165, 1.54) is 18.4 Å². The first kappa shape index (κ1) is 16.2. The third kappa shape index (κ3) is 10.1. The van der Waals surface area contributed by atoms with Crippen molar-refractivity contribution in [3.8, 4) is 0 Å². The van der Waals surface area contributed by atoms with Gasteiger partial charge in [0.05, 0.1) is 0 Å². The lowest BCUT2D eigenvalue weighted by atomic mass is 9.94. The Labute approximate surface area is 106 Å². The molecule has 17 heavy (non-hydrogen) atoms. The summed E-state index contributed by atoms with van der Waals surface area (Å²) in [7, 11) is 0. The zero-order valence-corrected chi connectivity index (χ0v) is 11.6. The van der Waals surface area contributed by atoms with Gasteiger partial charge in [0.25, 0.3) is 0 Å². The maximum Gasteiger partial charge on any atom is 0.220 e. The lowest BCUT2D eigenvalue weighted by molar-refractivity contribution is -0.121. The van der Waals surface area contributed by atoms with Crippen LogP contribution in [0.5, 0.6) is 0 Å². The molecule has 3 heteroatoms. The van der Waals surface area contributed by atoms with Crippen molar-refractivity contribution in [1.29, 1.82) is 0 Å². The lowest BCUT2D eigenvalue weighted by Crippen LogP contribution is -2.24. The SMILES string of the molecule is CCCC(CCN)CCC(=O)NCC=C(C)C. The molecule has 0 saturated heterocycles. The van der Waals surface area contributed by atoms with E-state index in [2.05, 4.69) is 12.2 Å². The van der Waals surface area contributed by atoms with E-state index in [0.29, 0.717) is 18.9 Å². The Morgan fingerprint density at radius 3 is 2.53 bits per heavy atom. The summed E-state index contributed by atoms with van der Waals surface area (Å²) in [5.74, 6) is 0.764. The lowest BCUT2D eigenvalue weighted by Gasteiger charge is -2.14. The van der Waals surface area contributed by atoms with Crippen molar-refractivity contribution < 1.29 is 4.79 Å². The van der Waals surface area contributed by atoms with Gasteiger partial charge in [0.1, 0.15) is 0 Å². The van der Waals surface area contributed by atoms with Crippen molar-refractivity contribution in [3.05, 3.63) is 11.6 Å². The van der Waals surface area contributed by atoms with Crippen LogP contribution >= 0.6 is 0 Å². The maximum absolute atomic E-state index is 11.6. The normalized spacial score (nSPS) is 12.0. The van der Waals surface area contributed by atoms with E-state index < -0.39 is 0 Å². The van der Waals surface area contributed by atoms with Gasteiger partial charge in [0.15, 0.2) is 0 Å². The average molecular weight is 240 g/mol. The summed E-state index contributed by atoms with van der Waals surface area (Å²) < 4.78 is 0. The molecular formula is C14H28N2O. The van der Waals surface area contributed by atoms with Crippen LogP contribution in [0.25, 0.3) is 0 Å². The fourth-order valence-corrected chi connectivity index (χ4v) is 1.87. The van der Waals surface area contributed by atoms with Crippen LogP contribution in [0, 0.1) is 5.92 Å². The number of hydrogen-bond acceptors (Lipinski definition) is 2. The first-order valence-corrected chi connectivity index (χ1v) is 6.70. The zero-order chi connectivity index (χ0) is 13.1. The van der Waals surface area contributed by atoms with Crippen molar-refractivity contribution in [2.24, 2.45) is 11.7 Å². The average Bonchev–Trinajstić information content (AvgIpc) is 2.26. The van der Waals surface area contributed by atoms with Crippen LogP contribution in [-0.4, -0.2) is 19.0 Å². The van der Waals surface area contributed by atoms with E-state index in [9.17, 15) is 4.79 Å². The smallest absolute Gasteiger partial charge is 0.220 e. The fraction of sp³-hybridized carbons (Fsp3) is 0.786. The summed E-state index contributed by atoms with van der Waals surface area (Å²) in [6.07, 6.45) is 7.01. The van der Waals surface area contributed by atoms with Crippen LogP contribution in [-0.2, 0) is 4.79 Å². The van der Waals surface area contributed by atoms with Gasteiger partial charge in [0.2, 0.25) is 5.91 Å². The summed E-state index contributed by atoms with van der Waals surface area (Å²) in [5.41, 5.74) is 6.80. The van der Waals surface area contributed by atoms with Gasteiger partial charge < -0.3 is 11.1 Å².